The van der Waals surface area contributed by atoms with Crippen molar-refractivity contribution in [1.82, 2.24) is 14.7 Å². The average molecular weight is 420 g/mol. The fourth-order valence-corrected chi connectivity index (χ4v) is 4.33. The van der Waals surface area contributed by atoms with Gasteiger partial charge in [0.1, 0.15) is 5.75 Å². The van der Waals surface area contributed by atoms with Gasteiger partial charge in [-0.25, -0.2) is 0 Å². The van der Waals surface area contributed by atoms with E-state index in [0.717, 1.165) is 50.0 Å². The van der Waals surface area contributed by atoms with Crippen molar-refractivity contribution in [2.24, 2.45) is 5.92 Å². The first-order chi connectivity index (χ1) is 15.1. The Morgan fingerprint density at radius 2 is 1.84 bits per heavy atom. The zero-order valence-electron chi connectivity index (χ0n) is 18.0. The number of likely N-dealkylation sites (tertiary alicyclic amines) is 1. The summed E-state index contributed by atoms with van der Waals surface area (Å²) in [5.41, 5.74) is 2.02. The first kappa shape index (κ1) is 21.1. The SMILES string of the molecule is COc1ccc(CCC2CCN(C(=O)CCn3ncc(=O)c4ccccc43)CC2)cc1. The fraction of sp³-hybridized carbons (Fsp3) is 0.400. The first-order valence-electron chi connectivity index (χ1n) is 11.0. The molecule has 0 spiro atoms. The Balaban J connectivity index is 1.25. The van der Waals surface area contributed by atoms with Crippen molar-refractivity contribution in [3.8, 4) is 5.75 Å². The van der Waals surface area contributed by atoms with E-state index in [0.29, 0.717) is 24.3 Å². The van der Waals surface area contributed by atoms with Gasteiger partial charge in [0.15, 0.2) is 0 Å². The highest BCUT2D eigenvalue weighted by molar-refractivity contribution is 5.79. The van der Waals surface area contributed by atoms with Gasteiger partial charge in [-0.05, 0) is 61.4 Å². The average Bonchev–Trinajstić information content (AvgIpc) is 2.83. The summed E-state index contributed by atoms with van der Waals surface area (Å²) in [6, 6.07) is 15.7. The summed E-state index contributed by atoms with van der Waals surface area (Å²) < 4.78 is 6.98. The Morgan fingerprint density at radius 3 is 2.58 bits per heavy atom. The number of piperidine rings is 1. The molecule has 0 saturated carbocycles. The predicted octanol–water partition coefficient (Wildman–Crippen LogP) is 3.67. The van der Waals surface area contributed by atoms with Crippen molar-refractivity contribution in [1.29, 1.82) is 0 Å². The summed E-state index contributed by atoms with van der Waals surface area (Å²) in [5.74, 6) is 1.72. The number of ether oxygens (including phenoxy) is 1. The summed E-state index contributed by atoms with van der Waals surface area (Å²) in [4.78, 5) is 26.7. The van der Waals surface area contributed by atoms with Crippen LogP contribution in [0.15, 0.2) is 59.5 Å². The molecule has 2 aromatic carbocycles. The van der Waals surface area contributed by atoms with Crippen LogP contribution < -0.4 is 10.2 Å². The number of rotatable bonds is 7. The van der Waals surface area contributed by atoms with E-state index in [9.17, 15) is 9.59 Å². The van der Waals surface area contributed by atoms with Crippen LogP contribution in [0.2, 0.25) is 0 Å². The molecule has 0 radical (unpaired) electrons. The van der Waals surface area contributed by atoms with Crippen molar-refractivity contribution in [2.45, 2.75) is 38.6 Å². The summed E-state index contributed by atoms with van der Waals surface area (Å²) >= 11 is 0. The van der Waals surface area contributed by atoms with Gasteiger partial charge in [-0.1, -0.05) is 24.3 Å². The molecule has 0 aliphatic carbocycles. The van der Waals surface area contributed by atoms with E-state index < -0.39 is 0 Å². The number of aromatic nitrogens is 2. The number of methoxy groups -OCH3 is 1. The van der Waals surface area contributed by atoms with Gasteiger partial charge in [0, 0.05) is 24.9 Å². The highest BCUT2D eigenvalue weighted by atomic mass is 16.5. The molecule has 1 amide bonds. The van der Waals surface area contributed by atoms with Crippen LogP contribution >= 0.6 is 0 Å². The van der Waals surface area contributed by atoms with Crippen LogP contribution in [0.1, 0.15) is 31.2 Å². The van der Waals surface area contributed by atoms with Crippen LogP contribution in [0.3, 0.4) is 0 Å². The topological polar surface area (TPSA) is 64.4 Å². The van der Waals surface area contributed by atoms with Gasteiger partial charge in [0.25, 0.3) is 0 Å². The zero-order valence-corrected chi connectivity index (χ0v) is 18.0. The van der Waals surface area contributed by atoms with E-state index in [1.807, 2.05) is 35.2 Å². The molecule has 6 heteroatoms. The molecule has 1 saturated heterocycles. The molecule has 2 heterocycles. The smallest absolute Gasteiger partial charge is 0.224 e. The number of hydrogen-bond acceptors (Lipinski definition) is 4. The van der Waals surface area contributed by atoms with Crippen molar-refractivity contribution >= 4 is 16.8 Å². The van der Waals surface area contributed by atoms with Crippen LogP contribution in [0.5, 0.6) is 5.75 Å². The molecule has 0 bridgehead atoms. The third-order valence-corrected chi connectivity index (χ3v) is 6.27. The van der Waals surface area contributed by atoms with Crippen LogP contribution in [-0.2, 0) is 17.8 Å². The molecule has 6 nitrogen and oxygen atoms in total. The Bertz CT molecular complexity index is 1080. The number of nitrogens with zero attached hydrogens (tertiary/aromatic N) is 3. The van der Waals surface area contributed by atoms with Crippen molar-refractivity contribution in [3.05, 3.63) is 70.5 Å². The van der Waals surface area contributed by atoms with Crippen LogP contribution in [0.25, 0.3) is 10.9 Å². The van der Waals surface area contributed by atoms with E-state index in [2.05, 4.69) is 17.2 Å². The van der Waals surface area contributed by atoms with E-state index in [-0.39, 0.29) is 11.3 Å². The molecule has 0 atom stereocenters. The maximum Gasteiger partial charge on any atom is 0.224 e. The number of amides is 1. The lowest BCUT2D eigenvalue weighted by Gasteiger charge is -2.32. The number of aryl methyl sites for hydroxylation is 2. The van der Waals surface area contributed by atoms with Crippen molar-refractivity contribution < 1.29 is 9.53 Å². The minimum absolute atomic E-state index is 0.0881. The molecule has 162 valence electrons. The largest absolute Gasteiger partial charge is 0.497 e. The predicted molar refractivity (Wildman–Crippen MR) is 121 cm³/mol. The number of benzene rings is 2. The quantitative estimate of drug-likeness (QED) is 0.586. The number of fused-ring (bicyclic) bond motifs is 1. The third-order valence-electron chi connectivity index (χ3n) is 6.27. The van der Waals surface area contributed by atoms with Gasteiger partial charge < -0.3 is 9.64 Å². The lowest BCUT2D eigenvalue weighted by Crippen LogP contribution is -2.39. The Labute approximate surface area is 182 Å². The summed E-state index contributed by atoms with van der Waals surface area (Å²) in [6.45, 7) is 2.13. The number of hydrogen-bond donors (Lipinski definition) is 0. The minimum Gasteiger partial charge on any atom is -0.497 e. The standard InChI is InChI=1S/C25H29N3O3/c1-31-21-10-8-19(9-11-21)6-7-20-12-15-27(16-13-20)25(30)14-17-28-23-5-3-2-4-22(23)24(29)18-26-28/h2-5,8-11,18,20H,6-7,12-17H2,1H3. The molecule has 0 N–H and O–H groups in total. The Kier molecular flexibility index (Phi) is 6.65. The Hall–Kier alpha value is -3.15. The summed E-state index contributed by atoms with van der Waals surface area (Å²) in [5, 5.41) is 4.87. The number of carbonyl (C=O) groups excluding carboxylic acids is 1. The second kappa shape index (κ2) is 9.77. The van der Waals surface area contributed by atoms with Gasteiger partial charge in [0.05, 0.1) is 25.4 Å². The molecular formula is C25H29N3O3. The van der Waals surface area contributed by atoms with Crippen LogP contribution in [0, 0.1) is 5.92 Å². The molecule has 3 aromatic rings. The molecule has 1 aromatic heterocycles. The highest BCUT2D eigenvalue weighted by Crippen LogP contribution is 2.23. The van der Waals surface area contributed by atoms with E-state index in [1.165, 1.54) is 11.8 Å². The lowest BCUT2D eigenvalue weighted by atomic mass is 9.90. The Morgan fingerprint density at radius 1 is 1.10 bits per heavy atom. The normalized spacial score (nSPS) is 14.7. The van der Waals surface area contributed by atoms with E-state index in [4.69, 9.17) is 4.74 Å². The van der Waals surface area contributed by atoms with Crippen LogP contribution in [0.4, 0.5) is 0 Å². The van der Waals surface area contributed by atoms with Crippen molar-refractivity contribution in [3.63, 3.8) is 0 Å². The van der Waals surface area contributed by atoms with Crippen molar-refractivity contribution in [2.75, 3.05) is 20.2 Å². The molecule has 4 rings (SSSR count). The zero-order chi connectivity index (χ0) is 21.6. The molecule has 31 heavy (non-hydrogen) atoms. The fourth-order valence-electron chi connectivity index (χ4n) is 4.33. The first-order valence-corrected chi connectivity index (χ1v) is 11.0. The third kappa shape index (κ3) is 5.13. The minimum atomic E-state index is -0.0881. The second-order valence-corrected chi connectivity index (χ2v) is 8.21. The monoisotopic (exact) mass is 419 g/mol. The molecule has 0 unspecified atom stereocenters. The molecule has 1 aliphatic heterocycles. The van der Waals surface area contributed by atoms with Crippen LogP contribution in [-0.4, -0.2) is 40.8 Å². The second-order valence-electron chi connectivity index (χ2n) is 8.21. The molecule has 1 fully saturated rings. The van der Waals surface area contributed by atoms with Gasteiger partial charge in [0.2, 0.25) is 11.3 Å². The van der Waals surface area contributed by atoms with Gasteiger partial charge >= 0.3 is 0 Å². The molecule has 1 aliphatic rings. The highest BCUT2D eigenvalue weighted by Gasteiger charge is 2.22. The van der Waals surface area contributed by atoms with Gasteiger partial charge in [-0.2, -0.15) is 5.10 Å². The number of carbonyl (C=O) groups is 1. The molecular weight excluding hydrogens is 390 g/mol. The maximum absolute atomic E-state index is 12.7. The van der Waals surface area contributed by atoms with E-state index in [1.54, 1.807) is 17.9 Å². The maximum atomic E-state index is 12.7. The van der Waals surface area contributed by atoms with E-state index >= 15 is 0 Å². The number of para-hydroxylation sites is 1. The lowest BCUT2D eigenvalue weighted by molar-refractivity contribution is -0.132. The summed E-state index contributed by atoms with van der Waals surface area (Å²) in [6.07, 6.45) is 6.06. The summed E-state index contributed by atoms with van der Waals surface area (Å²) in [7, 11) is 1.68. The van der Waals surface area contributed by atoms with Gasteiger partial charge in [-0.15, -0.1) is 0 Å². The van der Waals surface area contributed by atoms with Gasteiger partial charge in [-0.3, -0.25) is 14.3 Å².